The molecular formula is C29H41N7O6S. The number of carboxylic acids is 1. The number of nitrogens with one attached hydrogen (secondary N) is 3. The Morgan fingerprint density at radius 1 is 0.814 bits per heavy atom. The fourth-order valence-electron chi connectivity index (χ4n) is 4.10. The lowest BCUT2D eigenvalue weighted by Gasteiger charge is -2.25. The van der Waals surface area contributed by atoms with Gasteiger partial charge in [0.2, 0.25) is 17.7 Å². The summed E-state index contributed by atoms with van der Waals surface area (Å²) in [4.78, 5) is 55.6. The second-order valence-corrected chi connectivity index (χ2v) is 10.9. The first-order valence-electron chi connectivity index (χ1n) is 13.8. The molecule has 234 valence electrons. The van der Waals surface area contributed by atoms with Gasteiger partial charge in [-0.05, 0) is 54.5 Å². The minimum Gasteiger partial charge on any atom is -0.508 e. The van der Waals surface area contributed by atoms with Crippen LogP contribution in [0, 0.1) is 0 Å². The fraction of sp³-hybridized carbons (Fsp3) is 0.414. The van der Waals surface area contributed by atoms with Crippen molar-refractivity contribution in [3.05, 3.63) is 65.7 Å². The van der Waals surface area contributed by atoms with Crippen molar-refractivity contribution in [3.8, 4) is 5.75 Å². The molecule has 0 aliphatic heterocycles. The number of phenolic OH excluding ortho intramolecular Hbond substituents is 1. The summed E-state index contributed by atoms with van der Waals surface area (Å²) < 4.78 is 0. The van der Waals surface area contributed by atoms with Gasteiger partial charge in [-0.2, -0.15) is 11.8 Å². The molecular weight excluding hydrogens is 574 g/mol. The van der Waals surface area contributed by atoms with Crippen molar-refractivity contribution >= 4 is 41.4 Å². The third kappa shape index (κ3) is 13.0. The highest BCUT2D eigenvalue weighted by molar-refractivity contribution is 7.98. The number of rotatable bonds is 18. The standard InChI is InChI=1S/C29H41N7O6S/c1-43-15-13-22(28(41)42)34-26(39)24(17-19-9-11-20(37)12-10-19)36-27(40)23(16-18-6-3-2-4-7-18)35-25(38)21(30)8-5-14-33-29(31)32/h2-4,6-7,9-12,21-24,37H,5,8,13-17,30H2,1H3,(H,34,39)(H,35,38)(H,36,40)(H,41,42)(H4,31,32,33). The maximum absolute atomic E-state index is 13.6. The van der Waals surface area contributed by atoms with Crippen molar-refractivity contribution in [3.63, 3.8) is 0 Å². The van der Waals surface area contributed by atoms with Gasteiger partial charge in [0.15, 0.2) is 5.96 Å². The van der Waals surface area contributed by atoms with Crippen molar-refractivity contribution in [1.29, 1.82) is 0 Å². The van der Waals surface area contributed by atoms with Gasteiger partial charge in [-0.25, -0.2) is 4.79 Å². The van der Waals surface area contributed by atoms with Crippen LogP contribution in [0.5, 0.6) is 5.75 Å². The molecule has 0 bridgehead atoms. The molecule has 11 N–H and O–H groups in total. The number of nitrogens with zero attached hydrogens (tertiary/aromatic N) is 1. The Kier molecular flexibility index (Phi) is 14.8. The van der Waals surface area contributed by atoms with E-state index in [1.807, 2.05) is 12.3 Å². The number of aromatic hydroxyl groups is 1. The average molecular weight is 616 g/mol. The number of hydrogen-bond acceptors (Lipinski definition) is 8. The lowest BCUT2D eigenvalue weighted by molar-refractivity contribution is -0.142. The van der Waals surface area contributed by atoms with Gasteiger partial charge in [0, 0.05) is 19.4 Å². The number of guanidine groups is 1. The fourth-order valence-corrected chi connectivity index (χ4v) is 4.57. The van der Waals surface area contributed by atoms with Crippen molar-refractivity contribution in [2.24, 2.45) is 22.2 Å². The Labute approximate surface area is 255 Å². The van der Waals surface area contributed by atoms with Crippen molar-refractivity contribution in [1.82, 2.24) is 16.0 Å². The molecule has 4 atom stereocenters. The Bertz CT molecular complexity index is 1230. The van der Waals surface area contributed by atoms with Crippen LogP contribution in [0.1, 0.15) is 30.4 Å². The van der Waals surface area contributed by atoms with Crippen LogP contribution in [0.2, 0.25) is 0 Å². The molecule has 13 nitrogen and oxygen atoms in total. The summed E-state index contributed by atoms with van der Waals surface area (Å²) >= 11 is 1.44. The molecule has 14 heteroatoms. The highest BCUT2D eigenvalue weighted by Gasteiger charge is 2.30. The number of thioether (sulfide) groups is 1. The number of carbonyl (C=O) groups excluding carboxylic acids is 3. The molecule has 0 aliphatic rings. The van der Waals surface area contributed by atoms with Gasteiger partial charge in [-0.1, -0.05) is 42.5 Å². The zero-order chi connectivity index (χ0) is 31.8. The number of aliphatic carboxylic acids is 1. The molecule has 0 heterocycles. The number of carboxylic acid groups (broad SMARTS) is 1. The van der Waals surface area contributed by atoms with Crippen LogP contribution >= 0.6 is 11.8 Å². The second kappa shape index (κ2) is 18.3. The summed E-state index contributed by atoms with van der Waals surface area (Å²) in [5.41, 5.74) is 18.1. The quantitative estimate of drug-likeness (QED) is 0.0627. The molecule has 0 radical (unpaired) electrons. The van der Waals surface area contributed by atoms with E-state index in [2.05, 4.69) is 20.9 Å². The van der Waals surface area contributed by atoms with E-state index in [9.17, 15) is 29.4 Å². The largest absolute Gasteiger partial charge is 0.508 e. The van der Waals surface area contributed by atoms with Crippen LogP contribution in [0.4, 0.5) is 0 Å². The van der Waals surface area contributed by atoms with E-state index in [0.29, 0.717) is 24.3 Å². The number of nitrogens with two attached hydrogens (primary N) is 3. The SMILES string of the molecule is CSCCC(NC(=O)C(Cc1ccc(O)cc1)NC(=O)C(Cc1ccccc1)NC(=O)C(N)CCCN=C(N)N)C(=O)O. The minimum absolute atomic E-state index is 0.00301. The van der Waals surface area contributed by atoms with Gasteiger partial charge < -0.3 is 43.4 Å². The zero-order valence-corrected chi connectivity index (χ0v) is 24.9. The smallest absolute Gasteiger partial charge is 0.326 e. The Morgan fingerprint density at radius 2 is 1.35 bits per heavy atom. The van der Waals surface area contributed by atoms with E-state index in [4.69, 9.17) is 17.2 Å². The Morgan fingerprint density at radius 3 is 1.88 bits per heavy atom. The first-order chi connectivity index (χ1) is 20.5. The zero-order valence-electron chi connectivity index (χ0n) is 24.1. The number of hydrogen-bond donors (Lipinski definition) is 8. The number of phenols is 1. The summed E-state index contributed by atoms with van der Waals surface area (Å²) in [6, 6.07) is 10.7. The molecule has 4 unspecified atom stereocenters. The van der Waals surface area contributed by atoms with E-state index < -0.39 is 47.9 Å². The molecule has 0 aliphatic carbocycles. The Hall–Kier alpha value is -4.30. The molecule has 2 rings (SSSR count). The normalized spacial score (nSPS) is 13.5. The lowest BCUT2D eigenvalue weighted by Crippen LogP contribution is -2.58. The number of carbonyl (C=O) groups is 4. The molecule has 2 aromatic rings. The van der Waals surface area contributed by atoms with Gasteiger partial charge in [0.05, 0.1) is 6.04 Å². The van der Waals surface area contributed by atoms with Gasteiger partial charge in [0.1, 0.15) is 23.9 Å². The first-order valence-corrected chi connectivity index (χ1v) is 15.1. The summed E-state index contributed by atoms with van der Waals surface area (Å²) in [5, 5.41) is 27.2. The topological polar surface area (TPSA) is 235 Å². The number of aliphatic imine (C=N–C) groups is 1. The van der Waals surface area contributed by atoms with Crippen LogP contribution in [-0.2, 0) is 32.0 Å². The lowest BCUT2D eigenvalue weighted by atomic mass is 10.0. The van der Waals surface area contributed by atoms with Crippen LogP contribution in [-0.4, -0.2) is 82.6 Å². The van der Waals surface area contributed by atoms with Crippen molar-refractivity contribution in [2.75, 3.05) is 18.6 Å². The summed E-state index contributed by atoms with van der Waals surface area (Å²) in [6.45, 7) is 0.291. The summed E-state index contributed by atoms with van der Waals surface area (Å²) in [7, 11) is 0. The summed E-state index contributed by atoms with van der Waals surface area (Å²) in [6.07, 6.45) is 2.84. The first kappa shape index (κ1) is 34.9. The van der Waals surface area contributed by atoms with Crippen LogP contribution in [0.15, 0.2) is 59.6 Å². The van der Waals surface area contributed by atoms with Crippen LogP contribution in [0.25, 0.3) is 0 Å². The summed E-state index contributed by atoms with van der Waals surface area (Å²) in [5.74, 6) is -2.65. The van der Waals surface area contributed by atoms with Gasteiger partial charge in [-0.15, -0.1) is 0 Å². The number of benzene rings is 2. The molecule has 2 aromatic carbocycles. The van der Waals surface area contributed by atoms with E-state index >= 15 is 0 Å². The maximum Gasteiger partial charge on any atom is 0.326 e. The predicted octanol–water partition coefficient (Wildman–Crippen LogP) is -0.150. The van der Waals surface area contributed by atoms with E-state index in [1.54, 1.807) is 36.4 Å². The van der Waals surface area contributed by atoms with Gasteiger partial charge in [0.25, 0.3) is 0 Å². The molecule has 0 spiro atoms. The Balaban J connectivity index is 2.26. The van der Waals surface area contributed by atoms with Crippen molar-refractivity contribution < 1.29 is 29.4 Å². The average Bonchev–Trinajstić information content (AvgIpc) is 2.97. The van der Waals surface area contributed by atoms with Crippen molar-refractivity contribution in [2.45, 2.75) is 56.3 Å². The third-order valence-corrected chi connectivity index (χ3v) is 7.10. The molecule has 0 aromatic heterocycles. The highest BCUT2D eigenvalue weighted by atomic mass is 32.2. The molecule has 0 fully saturated rings. The molecule has 43 heavy (non-hydrogen) atoms. The van der Waals surface area contributed by atoms with Gasteiger partial charge >= 0.3 is 5.97 Å². The van der Waals surface area contributed by atoms with Crippen LogP contribution < -0.4 is 33.2 Å². The third-order valence-electron chi connectivity index (χ3n) is 6.45. The highest BCUT2D eigenvalue weighted by Crippen LogP contribution is 2.13. The van der Waals surface area contributed by atoms with E-state index in [-0.39, 0.29) is 37.4 Å². The second-order valence-electron chi connectivity index (χ2n) is 9.92. The number of amides is 3. The van der Waals surface area contributed by atoms with E-state index in [1.165, 1.54) is 23.9 Å². The molecule has 3 amide bonds. The van der Waals surface area contributed by atoms with Crippen LogP contribution in [0.3, 0.4) is 0 Å². The molecule has 0 saturated carbocycles. The maximum atomic E-state index is 13.6. The molecule has 0 saturated heterocycles. The van der Waals surface area contributed by atoms with E-state index in [0.717, 1.165) is 5.56 Å². The minimum atomic E-state index is -1.19. The van der Waals surface area contributed by atoms with Gasteiger partial charge in [-0.3, -0.25) is 19.4 Å². The predicted molar refractivity (Wildman–Crippen MR) is 166 cm³/mol. The monoisotopic (exact) mass is 615 g/mol.